The van der Waals surface area contributed by atoms with Crippen LogP contribution in [0.2, 0.25) is 0 Å². The number of thiazole rings is 1. The number of carbonyl (C=O) groups excluding carboxylic acids is 1. The van der Waals surface area contributed by atoms with E-state index in [1.165, 1.54) is 6.07 Å². The van der Waals surface area contributed by atoms with Gasteiger partial charge >= 0.3 is 5.97 Å². The summed E-state index contributed by atoms with van der Waals surface area (Å²) >= 11 is 1.63. The Morgan fingerprint density at radius 2 is 1.84 bits per heavy atom. The van der Waals surface area contributed by atoms with Crippen LogP contribution in [0, 0.1) is 13.8 Å². The molecular formula is C25H25N3O3S. The molecule has 0 aliphatic rings. The van der Waals surface area contributed by atoms with Crippen LogP contribution in [0.1, 0.15) is 27.9 Å². The summed E-state index contributed by atoms with van der Waals surface area (Å²) < 4.78 is 8.12. The Hall–Kier alpha value is -3.45. The van der Waals surface area contributed by atoms with Gasteiger partial charge in [-0.2, -0.15) is 0 Å². The maximum Gasteiger partial charge on any atom is 0.343 e. The highest BCUT2D eigenvalue weighted by atomic mass is 32.1. The molecule has 0 fully saturated rings. The van der Waals surface area contributed by atoms with Gasteiger partial charge in [0, 0.05) is 32.0 Å². The third kappa shape index (κ3) is 3.91. The van der Waals surface area contributed by atoms with Gasteiger partial charge in [-0.15, -0.1) is 11.3 Å². The molecule has 4 rings (SSSR count). The summed E-state index contributed by atoms with van der Waals surface area (Å²) in [4.78, 5) is 31.9. The van der Waals surface area contributed by atoms with Gasteiger partial charge in [0.05, 0.1) is 33.2 Å². The molecule has 0 radical (unpaired) electrons. The van der Waals surface area contributed by atoms with E-state index >= 15 is 0 Å². The van der Waals surface area contributed by atoms with E-state index in [2.05, 4.69) is 4.98 Å². The number of carbonyl (C=O) groups is 1. The van der Waals surface area contributed by atoms with Crippen LogP contribution in [-0.2, 0) is 4.74 Å². The van der Waals surface area contributed by atoms with E-state index in [0.717, 1.165) is 37.7 Å². The van der Waals surface area contributed by atoms with Crippen molar-refractivity contribution in [2.45, 2.75) is 20.8 Å². The third-order valence-corrected chi connectivity index (χ3v) is 6.48. The van der Waals surface area contributed by atoms with Crippen LogP contribution in [0.3, 0.4) is 0 Å². The number of benzene rings is 2. The largest absolute Gasteiger partial charge is 0.462 e. The molecule has 0 N–H and O–H groups in total. The number of fused-ring (bicyclic) bond motifs is 1. The van der Waals surface area contributed by atoms with Crippen molar-refractivity contribution in [3.63, 3.8) is 0 Å². The number of aryl methyl sites for hydroxylation is 2. The van der Waals surface area contributed by atoms with E-state index in [-0.39, 0.29) is 17.6 Å². The Balaban J connectivity index is 1.98. The first-order valence-electron chi connectivity index (χ1n) is 10.4. The molecule has 2 heterocycles. The molecule has 0 aliphatic heterocycles. The topological polar surface area (TPSA) is 64.4 Å². The number of hydrogen-bond donors (Lipinski definition) is 0. The van der Waals surface area contributed by atoms with Gasteiger partial charge < -0.3 is 14.2 Å². The Kier molecular flexibility index (Phi) is 5.84. The van der Waals surface area contributed by atoms with E-state index in [4.69, 9.17) is 4.74 Å². The minimum absolute atomic E-state index is 0.0143. The van der Waals surface area contributed by atoms with Crippen LogP contribution in [0.4, 0.5) is 5.69 Å². The highest BCUT2D eigenvalue weighted by Crippen LogP contribution is 2.32. The van der Waals surface area contributed by atoms with Crippen molar-refractivity contribution >= 4 is 33.2 Å². The molecule has 0 bridgehead atoms. The molecule has 0 saturated heterocycles. The van der Waals surface area contributed by atoms with Crippen LogP contribution in [0.15, 0.2) is 53.5 Å². The average Bonchev–Trinajstić information content (AvgIpc) is 3.15. The van der Waals surface area contributed by atoms with Gasteiger partial charge in [0.2, 0.25) is 0 Å². The molecule has 0 spiro atoms. The van der Waals surface area contributed by atoms with Crippen molar-refractivity contribution in [2.75, 3.05) is 25.6 Å². The van der Waals surface area contributed by atoms with Gasteiger partial charge in [-0.3, -0.25) is 4.79 Å². The predicted molar refractivity (Wildman–Crippen MR) is 130 cm³/mol. The second kappa shape index (κ2) is 8.59. The number of anilines is 1. The zero-order chi connectivity index (χ0) is 23.0. The third-order valence-electron chi connectivity index (χ3n) is 5.37. The fraction of sp³-hybridized carbons (Fsp3) is 0.240. The monoisotopic (exact) mass is 447 g/mol. The van der Waals surface area contributed by atoms with Gasteiger partial charge in [0.1, 0.15) is 5.56 Å². The van der Waals surface area contributed by atoms with Crippen molar-refractivity contribution in [1.82, 2.24) is 9.55 Å². The molecule has 2 aromatic heterocycles. The fourth-order valence-corrected chi connectivity index (χ4v) is 4.65. The van der Waals surface area contributed by atoms with Crippen LogP contribution < -0.4 is 10.3 Å². The van der Waals surface area contributed by atoms with E-state index in [0.29, 0.717) is 5.69 Å². The lowest BCUT2D eigenvalue weighted by atomic mass is 10.1. The predicted octanol–water partition coefficient (Wildman–Crippen LogP) is 4.97. The molecule has 0 unspecified atom stereocenters. The average molecular weight is 448 g/mol. The SMILES string of the molecule is CCOC(=O)c1cn(-c2ccc3nc(C)sc3c2C)c(-c2ccc(N(C)C)cc2)cc1=O. The molecule has 7 heteroatoms. The van der Waals surface area contributed by atoms with Gasteiger partial charge in [-0.25, -0.2) is 9.78 Å². The van der Waals surface area contributed by atoms with Crippen molar-refractivity contribution in [3.05, 3.63) is 75.0 Å². The van der Waals surface area contributed by atoms with Crippen molar-refractivity contribution < 1.29 is 9.53 Å². The van der Waals surface area contributed by atoms with E-state index < -0.39 is 5.97 Å². The highest BCUT2D eigenvalue weighted by Gasteiger charge is 2.19. The minimum Gasteiger partial charge on any atom is -0.462 e. The highest BCUT2D eigenvalue weighted by molar-refractivity contribution is 7.18. The summed E-state index contributed by atoms with van der Waals surface area (Å²) in [6.45, 7) is 5.95. The van der Waals surface area contributed by atoms with Gasteiger partial charge in [-0.1, -0.05) is 12.1 Å². The zero-order valence-electron chi connectivity index (χ0n) is 18.8. The standard InChI is InChI=1S/C25H25N3O3S/c1-6-31-25(30)19-14-28(21-12-11-20-24(15(21)2)32-16(3)26-20)22(13-23(19)29)17-7-9-18(10-8-17)27(4)5/h7-14H,6H2,1-5H3. The molecule has 0 aliphatic carbocycles. The van der Waals surface area contributed by atoms with Gasteiger partial charge in [-0.05, 0) is 56.2 Å². The second-order valence-electron chi connectivity index (χ2n) is 7.76. The Bertz CT molecular complexity index is 1370. The molecule has 164 valence electrons. The molecule has 6 nitrogen and oxygen atoms in total. The maximum atomic E-state index is 12.9. The molecule has 0 amide bonds. The van der Waals surface area contributed by atoms with Crippen molar-refractivity contribution in [1.29, 1.82) is 0 Å². The first-order chi connectivity index (χ1) is 15.3. The summed E-state index contributed by atoms with van der Waals surface area (Å²) in [7, 11) is 3.96. The number of nitrogens with zero attached hydrogens (tertiary/aromatic N) is 3. The van der Waals surface area contributed by atoms with Crippen molar-refractivity contribution in [3.8, 4) is 16.9 Å². The number of ether oxygens (including phenoxy) is 1. The van der Waals surface area contributed by atoms with E-state index in [1.54, 1.807) is 24.5 Å². The first kappa shape index (κ1) is 21.8. The normalized spacial score (nSPS) is 11.0. The van der Waals surface area contributed by atoms with Crippen LogP contribution in [0.25, 0.3) is 27.2 Å². The smallest absolute Gasteiger partial charge is 0.343 e. The molecular weight excluding hydrogens is 422 g/mol. The molecule has 2 aromatic carbocycles. The van der Waals surface area contributed by atoms with Crippen LogP contribution in [-0.4, -0.2) is 36.2 Å². The van der Waals surface area contributed by atoms with E-state index in [1.807, 2.05) is 73.8 Å². The molecule has 0 saturated carbocycles. The lowest BCUT2D eigenvalue weighted by molar-refractivity contribution is 0.0524. The number of aromatic nitrogens is 2. The minimum atomic E-state index is -0.617. The quantitative estimate of drug-likeness (QED) is 0.404. The Labute approximate surface area is 190 Å². The number of pyridine rings is 1. The summed E-state index contributed by atoms with van der Waals surface area (Å²) in [5, 5.41) is 0.992. The summed E-state index contributed by atoms with van der Waals surface area (Å²) in [6, 6.07) is 13.4. The van der Waals surface area contributed by atoms with Crippen LogP contribution in [0.5, 0.6) is 0 Å². The molecule has 32 heavy (non-hydrogen) atoms. The lowest BCUT2D eigenvalue weighted by Gasteiger charge is -2.18. The Morgan fingerprint density at radius 1 is 1.12 bits per heavy atom. The zero-order valence-corrected chi connectivity index (χ0v) is 19.6. The summed E-state index contributed by atoms with van der Waals surface area (Å²) in [5.74, 6) is -0.617. The van der Waals surface area contributed by atoms with E-state index in [9.17, 15) is 9.59 Å². The second-order valence-corrected chi connectivity index (χ2v) is 8.96. The summed E-state index contributed by atoms with van der Waals surface area (Å²) in [5.41, 5.74) is 5.16. The maximum absolute atomic E-state index is 12.9. The first-order valence-corrected chi connectivity index (χ1v) is 11.2. The number of esters is 1. The van der Waals surface area contributed by atoms with Crippen molar-refractivity contribution in [2.24, 2.45) is 0 Å². The molecule has 4 aromatic rings. The van der Waals surface area contributed by atoms with Gasteiger partial charge in [0.25, 0.3) is 0 Å². The Morgan fingerprint density at radius 3 is 2.50 bits per heavy atom. The van der Waals surface area contributed by atoms with Crippen LogP contribution >= 0.6 is 11.3 Å². The number of hydrogen-bond acceptors (Lipinski definition) is 6. The lowest BCUT2D eigenvalue weighted by Crippen LogP contribution is -2.20. The number of rotatable bonds is 5. The molecule has 0 atom stereocenters. The fourth-order valence-electron chi connectivity index (χ4n) is 3.73. The van der Waals surface area contributed by atoms with Gasteiger partial charge in [0.15, 0.2) is 5.43 Å². The summed E-state index contributed by atoms with van der Waals surface area (Å²) in [6.07, 6.45) is 1.59.